The number of hydrogen-bond donors (Lipinski definition) is 1. The molecule has 16 heavy (non-hydrogen) atoms. The van der Waals surface area contributed by atoms with Crippen molar-refractivity contribution in [2.75, 3.05) is 12.4 Å². The van der Waals surface area contributed by atoms with Gasteiger partial charge in [-0.25, -0.2) is 0 Å². The van der Waals surface area contributed by atoms with Crippen LogP contribution in [0.5, 0.6) is 0 Å². The molecule has 2 saturated heterocycles. The standard InChI is InChI=1S/C11H18O4S/c12-10(13)4-3-8-7-14-11(15-8)6-9-2-1-5-16-9/h8-9,11H,1-7H2,(H,12,13). The van der Waals surface area contributed by atoms with Gasteiger partial charge in [-0.2, -0.15) is 11.8 Å². The van der Waals surface area contributed by atoms with Crippen LogP contribution in [0.3, 0.4) is 0 Å². The second-order valence-corrected chi connectivity index (χ2v) is 5.73. The van der Waals surface area contributed by atoms with Gasteiger partial charge < -0.3 is 14.6 Å². The molecule has 0 amide bonds. The van der Waals surface area contributed by atoms with Crippen molar-refractivity contribution in [1.82, 2.24) is 0 Å². The summed E-state index contributed by atoms with van der Waals surface area (Å²) in [5.74, 6) is 0.484. The quantitative estimate of drug-likeness (QED) is 0.802. The van der Waals surface area contributed by atoms with Gasteiger partial charge in [0.05, 0.1) is 12.7 Å². The van der Waals surface area contributed by atoms with Crippen LogP contribution in [0, 0.1) is 0 Å². The van der Waals surface area contributed by atoms with Crippen LogP contribution in [-0.2, 0) is 14.3 Å². The van der Waals surface area contributed by atoms with Gasteiger partial charge in [0.2, 0.25) is 0 Å². The Balaban J connectivity index is 1.64. The minimum atomic E-state index is -0.765. The Morgan fingerprint density at radius 1 is 1.50 bits per heavy atom. The normalized spacial score (nSPS) is 34.4. The average Bonchev–Trinajstić information content (AvgIpc) is 2.87. The van der Waals surface area contributed by atoms with Crippen LogP contribution < -0.4 is 0 Å². The molecule has 0 saturated carbocycles. The first-order chi connectivity index (χ1) is 7.74. The molecule has 3 atom stereocenters. The molecule has 5 heteroatoms. The van der Waals surface area contributed by atoms with Gasteiger partial charge in [0.1, 0.15) is 0 Å². The number of thioether (sulfide) groups is 1. The number of hydrogen-bond acceptors (Lipinski definition) is 4. The summed E-state index contributed by atoms with van der Waals surface area (Å²) in [5, 5.41) is 9.24. The van der Waals surface area contributed by atoms with E-state index < -0.39 is 5.97 Å². The molecule has 92 valence electrons. The lowest BCUT2D eigenvalue weighted by Crippen LogP contribution is -2.17. The highest BCUT2D eigenvalue weighted by atomic mass is 32.2. The minimum Gasteiger partial charge on any atom is -0.481 e. The van der Waals surface area contributed by atoms with Crippen molar-refractivity contribution in [3.63, 3.8) is 0 Å². The Labute approximate surface area is 99.7 Å². The van der Waals surface area contributed by atoms with Crippen molar-refractivity contribution in [3.8, 4) is 0 Å². The summed E-state index contributed by atoms with van der Waals surface area (Å²) in [6, 6.07) is 0. The summed E-state index contributed by atoms with van der Waals surface area (Å²) in [6.07, 6.45) is 4.11. The van der Waals surface area contributed by atoms with E-state index in [-0.39, 0.29) is 18.8 Å². The van der Waals surface area contributed by atoms with Gasteiger partial charge in [-0.3, -0.25) is 4.79 Å². The van der Waals surface area contributed by atoms with Gasteiger partial charge in [-0.15, -0.1) is 0 Å². The molecule has 0 radical (unpaired) electrons. The van der Waals surface area contributed by atoms with E-state index in [1.165, 1.54) is 18.6 Å². The number of ether oxygens (including phenoxy) is 2. The Morgan fingerprint density at radius 2 is 2.38 bits per heavy atom. The number of carbonyl (C=O) groups is 1. The summed E-state index contributed by atoms with van der Waals surface area (Å²) in [6.45, 7) is 0.551. The Hall–Kier alpha value is -0.260. The van der Waals surface area contributed by atoms with Crippen molar-refractivity contribution in [1.29, 1.82) is 0 Å². The number of aliphatic carboxylic acids is 1. The lowest BCUT2D eigenvalue weighted by molar-refractivity contribution is -0.138. The van der Waals surface area contributed by atoms with E-state index in [2.05, 4.69) is 0 Å². The Bertz CT molecular complexity index is 240. The SMILES string of the molecule is O=C(O)CCC1COC(CC2CCCS2)O1. The number of rotatable bonds is 5. The lowest BCUT2D eigenvalue weighted by atomic mass is 10.2. The summed E-state index contributed by atoms with van der Waals surface area (Å²) in [7, 11) is 0. The minimum absolute atomic E-state index is 0.0208. The Morgan fingerprint density at radius 3 is 3.06 bits per heavy atom. The largest absolute Gasteiger partial charge is 0.481 e. The predicted molar refractivity (Wildman–Crippen MR) is 61.6 cm³/mol. The first-order valence-electron chi connectivity index (χ1n) is 5.84. The van der Waals surface area contributed by atoms with Crippen LogP contribution in [0.15, 0.2) is 0 Å². The summed E-state index contributed by atoms with van der Waals surface area (Å²) >= 11 is 1.99. The molecule has 4 nitrogen and oxygen atoms in total. The van der Waals surface area contributed by atoms with Crippen LogP contribution in [0.4, 0.5) is 0 Å². The van der Waals surface area contributed by atoms with Crippen molar-refractivity contribution >= 4 is 17.7 Å². The van der Waals surface area contributed by atoms with E-state index in [9.17, 15) is 4.79 Å². The predicted octanol–water partition coefficient (Wildman–Crippen LogP) is 1.88. The summed E-state index contributed by atoms with van der Waals surface area (Å²) in [4.78, 5) is 10.4. The van der Waals surface area contributed by atoms with Crippen molar-refractivity contribution in [2.24, 2.45) is 0 Å². The zero-order valence-electron chi connectivity index (χ0n) is 9.26. The van der Waals surface area contributed by atoms with Crippen LogP contribution in [0.2, 0.25) is 0 Å². The zero-order chi connectivity index (χ0) is 11.4. The van der Waals surface area contributed by atoms with Crippen LogP contribution in [0.1, 0.15) is 32.1 Å². The molecule has 1 N–H and O–H groups in total. The molecule has 2 aliphatic heterocycles. The maximum absolute atomic E-state index is 10.4. The van der Waals surface area contributed by atoms with Crippen LogP contribution in [0.25, 0.3) is 0 Å². The smallest absolute Gasteiger partial charge is 0.303 e. The zero-order valence-corrected chi connectivity index (χ0v) is 10.1. The molecule has 3 unspecified atom stereocenters. The second-order valence-electron chi connectivity index (χ2n) is 4.32. The summed E-state index contributed by atoms with van der Waals surface area (Å²) < 4.78 is 11.2. The molecule has 0 bridgehead atoms. The van der Waals surface area contributed by atoms with Crippen LogP contribution >= 0.6 is 11.8 Å². The molecular formula is C11H18O4S. The number of carboxylic acids is 1. The molecule has 2 fully saturated rings. The fourth-order valence-electron chi connectivity index (χ4n) is 2.11. The van der Waals surface area contributed by atoms with E-state index in [1.807, 2.05) is 11.8 Å². The van der Waals surface area contributed by atoms with Gasteiger partial charge in [0.25, 0.3) is 0 Å². The van der Waals surface area contributed by atoms with Gasteiger partial charge in [0, 0.05) is 18.1 Å². The monoisotopic (exact) mass is 246 g/mol. The van der Waals surface area contributed by atoms with Crippen molar-refractivity contribution in [2.45, 2.75) is 49.7 Å². The third-order valence-corrected chi connectivity index (χ3v) is 4.40. The van der Waals surface area contributed by atoms with Gasteiger partial charge in [0.15, 0.2) is 6.29 Å². The molecule has 0 aromatic carbocycles. The second kappa shape index (κ2) is 5.89. The first-order valence-corrected chi connectivity index (χ1v) is 6.89. The molecule has 0 aromatic rings. The van der Waals surface area contributed by atoms with Gasteiger partial charge in [-0.05, 0) is 25.0 Å². The summed E-state index contributed by atoms with van der Waals surface area (Å²) in [5.41, 5.74) is 0. The molecule has 0 aliphatic carbocycles. The molecule has 2 heterocycles. The van der Waals surface area contributed by atoms with E-state index in [0.29, 0.717) is 18.3 Å². The first kappa shape index (κ1) is 12.2. The third-order valence-electron chi connectivity index (χ3n) is 2.97. The molecule has 0 aromatic heterocycles. The maximum Gasteiger partial charge on any atom is 0.303 e. The van der Waals surface area contributed by atoms with Crippen molar-refractivity contribution in [3.05, 3.63) is 0 Å². The van der Waals surface area contributed by atoms with E-state index in [0.717, 1.165) is 6.42 Å². The van der Waals surface area contributed by atoms with E-state index in [1.54, 1.807) is 0 Å². The number of carboxylic acid groups (broad SMARTS) is 1. The molecule has 2 rings (SSSR count). The fraction of sp³-hybridized carbons (Fsp3) is 0.909. The Kier molecular flexibility index (Phi) is 4.49. The van der Waals surface area contributed by atoms with E-state index >= 15 is 0 Å². The maximum atomic E-state index is 10.4. The topological polar surface area (TPSA) is 55.8 Å². The highest BCUT2D eigenvalue weighted by Gasteiger charge is 2.29. The van der Waals surface area contributed by atoms with Crippen molar-refractivity contribution < 1.29 is 19.4 Å². The van der Waals surface area contributed by atoms with Crippen LogP contribution in [-0.4, -0.2) is 41.1 Å². The van der Waals surface area contributed by atoms with Gasteiger partial charge >= 0.3 is 5.97 Å². The highest BCUT2D eigenvalue weighted by Crippen LogP contribution is 2.32. The third kappa shape index (κ3) is 3.64. The fourth-order valence-corrected chi connectivity index (χ4v) is 3.41. The highest BCUT2D eigenvalue weighted by molar-refractivity contribution is 8.00. The average molecular weight is 246 g/mol. The molecular weight excluding hydrogens is 228 g/mol. The lowest BCUT2D eigenvalue weighted by Gasteiger charge is -2.14. The molecule has 0 spiro atoms. The van der Waals surface area contributed by atoms with Gasteiger partial charge in [-0.1, -0.05) is 0 Å². The molecule has 2 aliphatic rings. The van der Waals surface area contributed by atoms with E-state index in [4.69, 9.17) is 14.6 Å².